The summed E-state index contributed by atoms with van der Waals surface area (Å²) in [6.07, 6.45) is 2.68. The molecule has 0 aromatic carbocycles. The molecule has 1 aromatic heterocycles. The first-order chi connectivity index (χ1) is 7.02. The molecule has 5 nitrogen and oxygen atoms in total. The van der Waals surface area contributed by atoms with Crippen molar-refractivity contribution in [2.75, 3.05) is 4.72 Å². The maximum absolute atomic E-state index is 11.5. The van der Waals surface area contributed by atoms with Crippen molar-refractivity contribution in [1.29, 1.82) is 0 Å². The number of hydrogen-bond acceptors (Lipinski definition) is 3. The van der Waals surface area contributed by atoms with Crippen LogP contribution in [0.4, 0.5) is 5.69 Å². The molecule has 1 unspecified atom stereocenters. The summed E-state index contributed by atoms with van der Waals surface area (Å²) >= 11 is 0. The van der Waals surface area contributed by atoms with Crippen LogP contribution in [-0.4, -0.2) is 25.5 Å². The van der Waals surface area contributed by atoms with E-state index in [0.717, 1.165) is 0 Å². The van der Waals surface area contributed by atoms with Crippen molar-refractivity contribution in [3.63, 3.8) is 0 Å². The average molecular weight is 228 g/mol. The highest BCUT2D eigenvalue weighted by Gasteiger charge is 2.12. The van der Waals surface area contributed by atoms with Gasteiger partial charge in [0.2, 0.25) is 0 Å². The molecule has 1 atom stereocenters. The van der Waals surface area contributed by atoms with Crippen molar-refractivity contribution in [3.8, 4) is 0 Å². The van der Waals surface area contributed by atoms with Gasteiger partial charge in [0.1, 0.15) is 16.5 Å². The van der Waals surface area contributed by atoms with Gasteiger partial charge >= 0.3 is 5.97 Å². The zero-order chi connectivity index (χ0) is 11.4. The van der Waals surface area contributed by atoms with Crippen LogP contribution in [0.1, 0.15) is 24.2 Å². The summed E-state index contributed by atoms with van der Waals surface area (Å²) in [5.74, 6) is -1.09. The summed E-state index contributed by atoms with van der Waals surface area (Å²) in [6, 6.07) is 1.49. The van der Waals surface area contributed by atoms with Crippen molar-refractivity contribution < 1.29 is 14.1 Å². The van der Waals surface area contributed by atoms with Crippen LogP contribution in [-0.2, 0) is 11.0 Å². The zero-order valence-corrected chi connectivity index (χ0v) is 9.25. The number of nitrogens with one attached hydrogen (secondary N) is 1. The lowest BCUT2D eigenvalue weighted by atomic mass is 10.2. The topological polar surface area (TPSA) is 79.3 Å². The first-order valence-electron chi connectivity index (χ1n) is 4.37. The van der Waals surface area contributed by atoms with Gasteiger partial charge in [0, 0.05) is 17.6 Å². The van der Waals surface area contributed by atoms with E-state index in [0.29, 0.717) is 5.69 Å². The Hall–Kier alpha value is -1.43. The summed E-state index contributed by atoms with van der Waals surface area (Å²) in [5, 5.41) is 8.75. The van der Waals surface area contributed by atoms with Gasteiger partial charge in [-0.25, -0.2) is 9.00 Å². The van der Waals surface area contributed by atoms with Gasteiger partial charge in [-0.1, -0.05) is 0 Å². The van der Waals surface area contributed by atoms with Crippen LogP contribution in [0.5, 0.6) is 0 Å². The van der Waals surface area contributed by atoms with E-state index in [4.69, 9.17) is 5.11 Å². The van der Waals surface area contributed by atoms with Crippen LogP contribution in [0.15, 0.2) is 18.5 Å². The molecule has 0 aliphatic heterocycles. The van der Waals surface area contributed by atoms with E-state index in [2.05, 4.69) is 9.71 Å². The highest BCUT2D eigenvalue weighted by Crippen LogP contribution is 2.14. The summed E-state index contributed by atoms with van der Waals surface area (Å²) < 4.78 is 14.1. The van der Waals surface area contributed by atoms with Crippen molar-refractivity contribution in [3.05, 3.63) is 24.0 Å². The Morgan fingerprint density at radius 2 is 2.27 bits per heavy atom. The van der Waals surface area contributed by atoms with E-state index >= 15 is 0 Å². The lowest BCUT2D eigenvalue weighted by Gasteiger charge is -2.10. The maximum atomic E-state index is 11.5. The number of anilines is 1. The molecule has 0 amide bonds. The number of hydrogen-bond donors (Lipinski definition) is 2. The third-order valence-electron chi connectivity index (χ3n) is 1.69. The van der Waals surface area contributed by atoms with Crippen LogP contribution < -0.4 is 4.72 Å². The molecule has 2 N–H and O–H groups in total. The first-order valence-corrected chi connectivity index (χ1v) is 5.58. The normalized spacial score (nSPS) is 12.5. The second-order valence-electron chi connectivity index (χ2n) is 3.17. The van der Waals surface area contributed by atoms with Crippen molar-refractivity contribution in [1.82, 2.24) is 4.98 Å². The Bertz CT molecular complexity index is 393. The molecule has 0 saturated carbocycles. The van der Waals surface area contributed by atoms with E-state index in [1.54, 1.807) is 13.8 Å². The van der Waals surface area contributed by atoms with Crippen molar-refractivity contribution >= 4 is 22.6 Å². The molecule has 0 fully saturated rings. The van der Waals surface area contributed by atoms with Crippen LogP contribution in [0.25, 0.3) is 0 Å². The molecular weight excluding hydrogens is 216 g/mol. The van der Waals surface area contributed by atoms with Gasteiger partial charge in [-0.05, 0) is 19.9 Å². The molecule has 0 saturated heterocycles. The van der Waals surface area contributed by atoms with E-state index in [1.807, 2.05) is 0 Å². The second kappa shape index (κ2) is 4.88. The monoisotopic (exact) mass is 228 g/mol. The minimum atomic E-state index is -1.29. The predicted octanol–water partition coefficient (Wildman–Crippen LogP) is 1.26. The molecule has 15 heavy (non-hydrogen) atoms. The van der Waals surface area contributed by atoms with E-state index in [1.165, 1.54) is 18.5 Å². The lowest BCUT2D eigenvalue weighted by molar-refractivity contribution is 0.0697. The van der Waals surface area contributed by atoms with Crippen LogP contribution in [0.2, 0.25) is 0 Å². The molecule has 0 aliphatic rings. The van der Waals surface area contributed by atoms with Gasteiger partial charge in [-0.15, -0.1) is 0 Å². The molecule has 6 heteroatoms. The summed E-state index contributed by atoms with van der Waals surface area (Å²) in [7, 11) is -1.29. The molecule has 1 rings (SSSR count). The summed E-state index contributed by atoms with van der Waals surface area (Å²) in [6.45, 7) is 3.56. The minimum absolute atomic E-state index is 0.0199. The lowest BCUT2D eigenvalue weighted by Crippen LogP contribution is -2.16. The molecular formula is C9H12N2O3S. The molecule has 1 aromatic rings. The number of pyridine rings is 1. The van der Waals surface area contributed by atoms with Gasteiger partial charge in [0.25, 0.3) is 0 Å². The second-order valence-corrected chi connectivity index (χ2v) is 4.92. The Balaban J connectivity index is 2.94. The highest BCUT2D eigenvalue weighted by atomic mass is 32.2. The van der Waals surface area contributed by atoms with Gasteiger partial charge in [-0.3, -0.25) is 4.98 Å². The van der Waals surface area contributed by atoms with Crippen LogP contribution in [0.3, 0.4) is 0 Å². The Morgan fingerprint density at radius 1 is 1.60 bits per heavy atom. The van der Waals surface area contributed by atoms with Crippen LogP contribution >= 0.6 is 0 Å². The zero-order valence-electron chi connectivity index (χ0n) is 8.43. The van der Waals surface area contributed by atoms with E-state index in [9.17, 15) is 9.00 Å². The molecule has 0 aliphatic carbocycles. The molecule has 0 spiro atoms. The van der Waals surface area contributed by atoms with Crippen LogP contribution in [0, 0.1) is 0 Å². The fourth-order valence-electron chi connectivity index (χ4n) is 0.880. The van der Waals surface area contributed by atoms with Gasteiger partial charge in [-0.2, -0.15) is 0 Å². The maximum Gasteiger partial charge on any atom is 0.339 e. The summed E-state index contributed by atoms with van der Waals surface area (Å²) in [4.78, 5) is 14.5. The largest absolute Gasteiger partial charge is 0.478 e. The number of carboxylic acids is 1. The smallest absolute Gasteiger partial charge is 0.339 e. The number of carbonyl (C=O) groups is 1. The third-order valence-corrected chi connectivity index (χ3v) is 2.97. The first kappa shape index (κ1) is 11.6. The molecule has 1 heterocycles. The van der Waals surface area contributed by atoms with Gasteiger partial charge in [0.15, 0.2) is 0 Å². The number of aromatic carboxylic acids is 1. The summed E-state index contributed by atoms with van der Waals surface area (Å²) in [5.41, 5.74) is 0.344. The van der Waals surface area contributed by atoms with Crippen molar-refractivity contribution in [2.45, 2.75) is 19.1 Å². The van der Waals surface area contributed by atoms with Crippen molar-refractivity contribution in [2.24, 2.45) is 0 Å². The third kappa shape index (κ3) is 3.02. The quantitative estimate of drug-likeness (QED) is 0.813. The fourth-order valence-corrected chi connectivity index (χ4v) is 1.51. The molecule has 0 bridgehead atoms. The van der Waals surface area contributed by atoms with Gasteiger partial charge in [0.05, 0.1) is 5.69 Å². The molecule has 0 radical (unpaired) electrons. The van der Waals surface area contributed by atoms with E-state index < -0.39 is 17.0 Å². The standard InChI is InChI=1S/C9H12N2O3S/c1-6(2)15(14)11-8-3-4-10-5-7(8)9(12)13/h3-6H,1-2H3,(H,10,11)(H,12,13). The number of carboxylic acid groups (broad SMARTS) is 1. The average Bonchev–Trinajstić information content (AvgIpc) is 2.18. The van der Waals surface area contributed by atoms with Gasteiger partial charge < -0.3 is 9.83 Å². The number of rotatable bonds is 4. The predicted molar refractivity (Wildman–Crippen MR) is 58.1 cm³/mol. The SMILES string of the molecule is CC(C)S(=O)Nc1ccncc1C(=O)O. The van der Waals surface area contributed by atoms with E-state index in [-0.39, 0.29) is 10.8 Å². The highest BCUT2D eigenvalue weighted by molar-refractivity contribution is 7.86. The Morgan fingerprint density at radius 3 is 2.80 bits per heavy atom. The fraction of sp³-hybridized carbons (Fsp3) is 0.333. The molecule has 82 valence electrons. The Labute approximate surface area is 90.1 Å². The Kier molecular flexibility index (Phi) is 3.79. The number of nitrogens with zero attached hydrogens (tertiary/aromatic N) is 1. The minimum Gasteiger partial charge on any atom is -0.478 e. The number of aromatic nitrogens is 1.